The van der Waals surface area contributed by atoms with Gasteiger partial charge in [0.1, 0.15) is 5.84 Å². The largest absolute Gasteiger partial charge is 0.409 e. The van der Waals surface area contributed by atoms with Gasteiger partial charge in [-0.3, -0.25) is 4.79 Å². The van der Waals surface area contributed by atoms with Crippen molar-refractivity contribution in [3.05, 3.63) is 0 Å². The first-order valence-electron chi connectivity index (χ1n) is 7.44. The molecule has 1 saturated carbocycles. The van der Waals surface area contributed by atoms with E-state index in [2.05, 4.69) is 15.8 Å². The summed E-state index contributed by atoms with van der Waals surface area (Å²) in [6, 6.07) is 0.448. The molecule has 0 unspecified atom stereocenters. The van der Waals surface area contributed by atoms with Crippen LogP contribution in [0.25, 0.3) is 0 Å². The van der Waals surface area contributed by atoms with Crippen LogP contribution in [-0.2, 0) is 4.79 Å². The third-order valence-corrected chi connectivity index (χ3v) is 3.68. The number of carbonyl (C=O) groups excluding carboxylic acids is 1. The van der Waals surface area contributed by atoms with Crippen molar-refractivity contribution in [2.24, 2.45) is 16.3 Å². The van der Waals surface area contributed by atoms with Crippen molar-refractivity contribution in [3.63, 3.8) is 0 Å². The molecule has 0 aliphatic heterocycles. The van der Waals surface area contributed by atoms with E-state index in [1.807, 2.05) is 13.8 Å². The van der Waals surface area contributed by atoms with Crippen molar-refractivity contribution in [2.45, 2.75) is 58.4 Å². The molecule has 116 valence electrons. The fourth-order valence-corrected chi connectivity index (χ4v) is 1.93. The summed E-state index contributed by atoms with van der Waals surface area (Å²) < 4.78 is 0. The normalized spacial score (nSPS) is 16.2. The number of oxime groups is 1. The van der Waals surface area contributed by atoms with Crippen molar-refractivity contribution in [1.29, 1.82) is 0 Å². The average Bonchev–Trinajstić information content (AvgIpc) is 3.20. The average molecular weight is 284 g/mol. The second kappa shape index (κ2) is 8.09. The lowest BCUT2D eigenvalue weighted by atomic mass is 9.86. The highest BCUT2D eigenvalue weighted by Crippen LogP contribution is 2.23. The van der Waals surface area contributed by atoms with Crippen molar-refractivity contribution >= 4 is 11.7 Å². The summed E-state index contributed by atoms with van der Waals surface area (Å²) in [7, 11) is 0. The molecule has 1 aliphatic carbocycles. The maximum absolute atomic E-state index is 11.4. The first-order chi connectivity index (χ1) is 9.45. The molecule has 6 heteroatoms. The van der Waals surface area contributed by atoms with Crippen LogP contribution in [0.15, 0.2) is 5.16 Å². The van der Waals surface area contributed by atoms with Gasteiger partial charge in [-0.1, -0.05) is 25.4 Å². The Morgan fingerprint density at radius 1 is 1.35 bits per heavy atom. The Hall–Kier alpha value is -1.30. The van der Waals surface area contributed by atoms with Crippen LogP contribution in [0.1, 0.15) is 52.4 Å². The van der Waals surface area contributed by atoms with Crippen LogP contribution < -0.4 is 16.4 Å². The molecule has 0 atom stereocenters. The number of hydrogen-bond acceptors (Lipinski definition) is 4. The van der Waals surface area contributed by atoms with Gasteiger partial charge >= 0.3 is 0 Å². The van der Waals surface area contributed by atoms with Crippen molar-refractivity contribution in [3.8, 4) is 0 Å². The monoisotopic (exact) mass is 284 g/mol. The number of nitrogens with zero attached hydrogens (tertiary/aromatic N) is 1. The van der Waals surface area contributed by atoms with Crippen LogP contribution in [0.4, 0.5) is 0 Å². The van der Waals surface area contributed by atoms with Crippen molar-refractivity contribution in [1.82, 2.24) is 10.6 Å². The fourth-order valence-electron chi connectivity index (χ4n) is 1.93. The molecule has 0 radical (unpaired) electrons. The molecule has 0 aromatic heterocycles. The molecule has 0 spiro atoms. The molecule has 0 heterocycles. The quantitative estimate of drug-likeness (QED) is 0.159. The molecule has 0 aromatic rings. The van der Waals surface area contributed by atoms with E-state index in [9.17, 15) is 4.79 Å². The van der Waals surface area contributed by atoms with Crippen LogP contribution in [0, 0.1) is 5.41 Å². The van der Waals surface area contributed by atoms with Gasteiger partial charge in [-0.15, -0.1) is 0 Å². The molecule has 1 amide bonds. The number of carbonyl (C=O) groups is 1. The van der Waals surface area contributed by atoms with Gasteiger partial charge in [0, 0.05) is 24.4 Å². The van der Waals surface area contributed by atoms with E-state index in [1.54, 1.807) is 0 Å². The SMILES string of the molecule is CC(C)(CCCCNCCC(=O)NC1CC1)C(N)=NO. The molecule has 20 heavy (non-hydrogen) atoms. The standard InChI is InChI=1S/C14H28N4O2/c1-14(2,13(15)18-20)8-3-4-9-16-10-7-12(19)17-11-5-6-11/h11,16,20H,3-10H2,1-2H3,(H2,15,18)(H,17,19). The van der Waals surface area contributed by atoms with E-state index in [-0.39, 0.29) is 17.2 Å². The number of nitrogens with one attached hydrogen (secondary N) is 2. The van der Waals surface area contributed by atoms with Gasteiger partial charge in [-0.05, 0) is 32.2 Å². The molecule has 1 aliphatic rings. The molecule has 0 saturated heterocycles. The molecular weight excluding hydrogens is 256 g/mol. The minimum absolute atomic E-state index is 0.146. The smallest absolute Gasteiger partial charge is 0.221 e. The predicted octanol–water partition coefficient (Wildman–Crippen LogP) is 1.19. The lowest BCUT2D eigenvalue weighted by Crippen LogP contribution is -2.32. The highest BCUT2D eigenvalue weighted by atomic mass is 16.4. The molecule has 5 N–H and O–H groups in total. The summed E-state index contributed by atoms with van der Waals surface area (Å²) in [5.41, 5.74) is 5.37. The topological polar surface area (TPSA) is 99.7 Å². The minimum Gasteiger partial charge on any atom is -0.409 e. The molecule has 1 rings (SSSR count). The third kappa shape index (κ3) is 6.75. The number of amides is 1. The highest BCUT2D eigenvalue weighted by molar-refractivity contribution is 5.85. The summed E-state index contributed by atoms with van der Waals surface area (Å²) in [6.07, 6.45) is 5.72. The Bertz CT molecular complexity index is 338. The molecule has 1 fully saturated rings. The Morgan fingerprint density at radius 2 is 2.05 bits per heavy atom. The number of nitrogens with two attached hydrogens (primary N) is 1. The van der Waals surface area contributed by atoms with E-state index < -0.39 is 0 Å². The van der Waals surface area contributed by atoms with Crippen LogP contribution in [-0.4, -0.2) is 36.1 Å². The van der Waals surface area contributed by atoms with Crippen molar-refractivity contribution in [2.75, 3.05) is 13.1 Å². The highest BCUT2D eigenvalue weighted by Gasteiger charge is 2.23. The van der Waals surface area contributed by atoms with Crippen molar-refractivity contribution < 1.29 is 10.0 Å². The van der Waals surface area contributed by atoms with E-state index in [0.29, 0.717) is 12.5 Å². The third-order valence-electron chi connectivity index (χ3n) is 3.68. The number of amidine groups is 1. The van der Waals surface area contributed by atoms with Crippen LogP contribution in [0.5, 0.6) is 0 Å². The molecular formula is C14H28N4O2. The lowest BCUT2D eigenvalue weighted by Gasteiger charge is -2.22. The van der Waals surface area contributed by atoms with Gasteiger partial charge in [0.25, 0.3) is 0 Å². The Morgan fingerprint density at radius 3 is 2.65 bits per heavy atom. The maximum atomic E-state index is 11.4. The summed E-state index contributed by atoms with van der Waals surface area (Å²) in [6.45, 7) is 5.56. The molecule has 0 aromatic carbocycles. The summed E-state index contributed by atoms with van der Waals surface area (Å²) in [5.74, 6) is 0.426. The van der Waals surface area contributed by atoms with Crippen LogP contribution in [0.2, 0.25) is 0 Å². The van der Waals surface area contributed by atoms with Gasteiger partial charge in [0.2, 0.25) is 5.91 Å². The van der Waals surface area contributed by atoms with Gasteiger partial charge in [0.15, 0.2) is 0 Å². The van der Waals surface area contributed by atoms with E-state index in [0.717, 1.165) is 45.2 Å². The van der Waals surface area contributed by atoms with Crippen LogP contribution >= 0.6 is 0 Å². The van der Waals surface area contributed by atoms with Gasteiger partial charge in [0.05, 0.1) is 0 Å². The van der Waals surface area contributed by atoms with E-state index in [1.165, 1.54) is 0 Å². The predicted molar refractivity (Wildman–Crippen MR) is 79.7 cm³/mol. The second-order valence-electron chi connectivity index (χ2n) is 6.17. The first-order valence-corrected chi connectivity index (χ1v) is 7.44. The minimum atomic E-state index is -0.265. The molecule has 0 bridgehead atoms. The maximum Gasteiger partial charge on any atom is 0.221 e. The lowest BCUT2D eigenvalue weighted by molar-refractivity contribution is -0.121. The van der Waals surface area contributed by atoms with E-state index in [4.69, 9.17) is 10.9 Å². The zero-order valence-corrected chi connectivity index (χ0v) is 12.6. The summed E-state index contributed by atoms with van der Waals surface area (Å²) in [4.78, 5) is 11.4. The first kappa shape index (κ1) is 16.8. The number of hydrogen-bond donors (Lipinski definition) is 4. The van der Waals surface area contributed by atoms with Gasteiger partial charge in [-0.25, -0.2) is 0 Å². The molecule has 6 nitrogen and oxygen atoms in total. The summed E-state index contributed by atoms with van der Waals surface area (Å²) >= 11 is 0. The number of unbranched alkanes of at least 4 members (excludes halogenated alkanes) is 1. The Balaban J connectivity index is 1.95. The summed E-state index contributed by atoms with van der Waals surface area (Å²) in [5, 5.41) is 18.0. The fraction of sp³-hybridized carbons (Fsp3) is 0.857. The zero-order chi connectivity index (χ0) is 15.0. The zero-order valence-electron chi connectivity index (χ0n) is 12.6. The Labute approximate surface area is 121 Å². The van der Waals surface area contributed by atoms with Gasteiger partial charge < -0.3 is 21.6 Å². The second-order valence-corrected chi connectivity index (χ2v) is 6.17. The van der Waals surface area contributed by atoms with Crippen LogP contribution in [0.3, 0.4) is 0 Å². The van der Waals surface area contributed by atoms with E-state index >= 15 is 0 Å². The van der Waals surface area contributed by atoms with Gasteiger partial charge in [-0.2, -0.15) is 0 Å². The Kier molecular flexibility index (Phi) is 6.78. The number of rotatable bonds is 10.